The molecule has 0 bridgehead atoms. The number of likely N-dealkylation sites (tertiary alicyclic amines) is 1. The van der Waals surface area contributed by atoms with Crippen LogP contribution in [0.1, 0.15) is 30.2 Å². The summed E-state index contributed by atoms with van der Waals surface area (Å²) in [5, 5.41) is 25.7. The number of likely N-dealkylation sites (N-methyl/N-ethyl adjacent to an activating group) is 1. The summed E-state index contributed by atoms with van der Waals surface area (Å²) in [6.07, 6.45) is -7.03. The van der Waals surface area contributed by atoms with Crippen molar-refractivity contribution in [3.63, 3.8) is 0 Å². The van der Waals surface area contributed by atoms with Crippen molar-refractivity contribution in [3.8, 4) is 11.3 Å². The third-order valence-electron chi connectivity index (χ3n) is 7.25. The van der Waals surface area contributed by atoms with Crippen LogP contribution in [0.25, 0.3) is 11.3 Å². The van der Waals surface area contributed by atoms with Gasteiger partial charge in [-0.15, -0.1) is 0 Å². The zero-order valence-electron chi connectivity index (χ0n) is 25.9. The lowest BCUT2D eigenvalue weighted by Gasteiger charge is -2.49. The fourth-order valence-electron chi connectivity index (χ4n) is 4.87. The van der Waals surface area contributed by atoms with Crippen molar-refractivity contribution in [2.24, 2.45) is 7.05 Å². The number of rotatable bonds is 3. The number of carboxylic acids is 3. The van der Waals surface area contributed by atoms with Crippen LogP contribution in [0.4, 0.5) is 39.5 Å². The quantitative estimate of drug-likeness (QED) is 0.326. The van der Waals surface area contributed by atoms with Gasteiger partial charge in [0.2, 0.25) is 0 Å². The number of hydrogen-bond donors (Lipinski definition) is 3. The van der Waals surface area contributed by atoms with Crippen LogP contribution in [0.5, 0.6) is 0 Å². The third kappa shape index (κ3) is 11.2. The van der Waals surface area contributed by atoms with Crippen LogP contribution in [-0.2, 0) is 40.1 Å². The molecular formula is C27H31F9N6O7. The summed E-state index contributed by atoms with van der Waals surface area (Å²) >= 11 is 0. The number of piperidine rings is 1. The Balaban J connectivity index is 0.000000325. The highest BCUT2D eigenvalue weighted by molar-refractivity contribution is 5.73. The first-order chi connectivity index (χ1) is 22.4. The van der Waals surface area contributed by atoms with Crippen LogP contribution in [0, 0.1) is 6.92 Å². The van der Waals surface area contributed by atoms with Gasteiger partial charge in [0.1, 0.15) is 17.3 Å². The molecule has 5 heterocycles. The molecule has 2 aliphatic rings. The van der Waals surface area contributed by atoms with Crippen LogP contribution >= 0.6 is 0 Å². The van der Waals surface area contributed by atoms with Gasteiger partial charge in [0.05, 0.1) is 30.2 Å². The predicted octanol–water partition coefficient (Wildman–Crippen LogP) is 4.52. The molecule has 0 unspecified atom stereocenters. The minimum Gasteiger partial charge on any atom is -0.475 e. The summed E-state index contributed by atoms with van der Waals surface area (Å²) in [6, 6.07) is 4.14. The van der Waals surface area contributed by atoms with Crippen molar-refractivity contribution < 1.29 is 73.6 Å². The number of carboxylic acid groups (broad SMARTS) is 3. The fourth-order valence-corrected chi connectivity index (χ4v) is 4.87. The van der Waals surface area contributed by atoms with E-state index in [1.807, 2.05) is 37.1 Å². The van der Waals surface area contributed by atoms with E-state index in [9.17, 15) is 39.5 Å². The summed E-state index contributed by atoms with van der Waals surface area (Å²) in [6.45, 7) is 7.04. The van der Waals surface area contributed by atoms with Gasteiger partial charge in [-0.1, -0.05) is 0 Å². The van der Waals surface area contributed by atoms with Crippen molar-refractivity contribution in [3.05, 3.63) is 48.1 Å². The molecule has 0 amide bonds. The highest BCUT2D eigenvalue weighted by Gasteiger charge is 2.46. The number of aromatic nitrogens is 4. The van der Waals surface area contributed by atoms with Crippen LogP contribution in [0.3, 0.4) is 0 Å². The van der Waals surface area contributed by atoms with Gasteiger partial charge in [-0.25, -0.2) is 19.4 Å². The summed E-state index contributed by atoms with van der Waals surface area (Å²) in [5.74, 6) is -5.01. The van der Waals surface area contributed by atoms with E-state index in [4.69, 9.17) is 39.1 Å². The Kier molecular flexibility index (Phi) is 13.0. The maximum Gasteiger partial charge on any atom is 0.490 e. The molecule has 1 spiro atoms. The van der Waals surface area contributed by atoms with Crippen LogP contribution in [-0.4, -0.2) is 108 Å². The second-order valence-electron chi connectivity index (χ2n) is 10.7. The van der Waals surface area contributed by atoms with Gasteiger partial charge in [-0.2, -0.15) is 44.6 Å². The Bertz CT molecular complexity index is 1510. The second-order valence-corrected chi connectivity index (χ2v) is 10.7. The highest BCUT2D eigenvalue weighted by atomic mass is 19.4. The average Bonchev–Trinajstić information content (AvgIpc) is 3.71. The zero-order chi connectivity index (χ0) is 37.5. The molecule has 49 heavy (non-hydrogen) atoms. The number of aliphatic carboxylic acids is 3. The number of carbonyl (C=O) groups is 3. The lowest BCUT2D eigenvalue weighted by Crippen LogP contribution is -2.56. The monoisotopic (exact) mass is 722 g/mol. The van der Waals surface area contributed by atoms with Gasteiger partial charge >= 0.3 is 36.4 Å². The van der Waals surface area contributed by atoms with E-state index in [-0.39, 0.29) is 5.54 Å². The molecule has 3 aromatic rings. The number of nitrogens with zero attached hydrogens (tertiary/aromatic N) is 6. The Morgan fingerprint density at radius 1 is 0.816 bits per heavy atom. The number of furan rings is 1. The standard InChI is InChI=1S/C21H28N6O.3C2HF3O2/c1-16-4-5-18(28-16)15-26-8-6-21(7-9-26)20-22-13-19(17-12-23-25(3)14-17)27(20)11-10-24(21)2;3*3-2(4,5)1(6)7/h4-5,12-14H,6-11,15H2,1-3H3;3*(H,6,7). The molecule has 0 saturated carbocycles. The molecule has 3 aromatic heterocycles. The maximum atomic E-state index is 10.6. The van der Waals surface area contributed by atoms with E-state index in [0.717, 1.165) is 62.6 Å². The lowest BCUT2D eigenvalue weighted by atomic mass is 9.83. The molecule has 2 aliphatic heterocycles. The van der Waals surface area contributed by atoms with Crippen molar-refractivity contribution >= 4 is 17.9 Å². The van der Waals surface area contributed by atoms with Gasteiger partial charge in [0.25, 0.3) is 0 Å². The first-order valence-electron chi connectivity index (χ1n) is 13.8. The van der Waals surface area contributed by atoms with Gasteiger partial charge in [-0.3, -0.25) is 14.5 Å². The second kappa shape index (κ2) is 15.7. The van der Waals surface area contributed by atoms with Crippen LogP contribution < -0.4 is 0 Å². The third-order valence-corrected chi connectivity index (χ3v) is 7.25. The van der Waals surface area contributed by atoms with Crippen molar-refractivity contribution in [1.29, 1.82) is 0 Å². The van der Waals surface area contributed by atoms with Gasteiger partial charge in [-0.05, 0) is 38.9 Å². The number of halogens is 9. The highest BCUT2D eigenvalue weighted by Crippen LogP contribution is 2.41. The van der Waals surface area contributed by atoms with Crippen LogP contribution in [0.15, 0.2) is 35.1 Å². The SMILES string of the molecule is Cc1ccc(CN2CCC3(CC2)c2ncc(-c4cnn(C)c4)n2CCN3C)o1.O=C(O)C(F)(F)F.O=C(O)C(F)(F)F.O=C(O)C(F)(F)F. The summed E-state index contributed by atoms with van der Waals surface area (Å²) in [7, 11) is 4.22. The molecule has 0 atom stereocenters. The number of fused-ring (bicyclic) bond motifs is 2. The molecule has 13 nitrogen and oxygen atoms in total. The van der Waals surface area contributed by atoms with Gasteiger partial charge in [0, 0.05) is 45.0 Å². The number of imidazole rings is 1. The molecule has 0 radical (unpaired) electrons. The number of hydrogen-bond acceptors (Lipinski definition) is 8. The first kappa shape index (κ1) is 40.6. The Morgan fingerprint density at radius 3 is 1.69 bits per heavy atom. The molecule has 1 fully saturated rings. The van der Waals surface area contributed by atoms with E-state index >= 15 is 0 Å². The molecule has 1 saturated heterocycles. The molecule has 0 aromatic carbocycles. The molecule has 22 heteroatoms. The summed E-state index contributed by atoms with van der Waals surface area (Å²) < 4.78 is 105. The van der Waals surface area contributed by atoms with Gasteiger partial charge in [0.15, 0.2) is 0 Å². The average molecular weight is 723 g/mol. The minimum absolute atomic E-state index is 0.0221. The van der Waals surface area contributed by atoms with Crippen molar-refractivity contribution in [2.75, 3.05) is 26.7 Å². The Morgan fingerprint density at radius 2 is 1.31 bits per heavy atom. The number of alkyl halides is 9. The van der Waals surface area contributed by atoms with Gasteiger partial charge < -0.3 is 24.3 Å². The molecule has 0 aliphatic carbocycles. The molecule has 274 valence electrons. The van der Waals surface area contributed by atoms with Crippen LogP contribution in [0.2, 0.25) is 0 Å². The summed E-state index contributed by atoms with van der Waals surface area (Å²) in [5.41, 5.74) is 2.35. The van der Waals surface area contributed by atoms with E-state index in [0.29, 0.717) is 0 Å². The molecular weight excluding hydrogens is 691 g/mol. The van der Waals surface area contributed by atoms with E-state index in [1.165, 1.54) is 11.5 Å². The predicted molar refractivity (Wildman–Crippen MR) is 148 cm³/mol. The van der Waals surface area contributed by atoms with Crippen molar-refractivity contribution in [2.45, 2.75) is 56.9 Å². The van der Waals surface area contributed by atoms with E-state index in [2.05, 4.69) is 38.8 Å². The van der Waals surface area contributed by atoms with E-state index in [1.54, 1.807) is 0 Å². The zero-order valence-corrected chi connectivity index (χ0v) is 25.9. The summed E-state index contributed by atoms with van der Waals surface area (Å²) in [4.78, 5) is 36.6. The Labute approximate surface area is 271 Å². The normalized spacial score (nSPS) is 16.2. The largest absolute Gasteiger partial charge is 0.490 e. The molecule has 5 rings (SSSR count). The smallest absolute Gasteiger partial charge is 0.475 e. The number of aryl methyl sites for hydroxylation is 2. The lowest BCUT2D eigenvalue weighted by molar-refractivity contribution is -0.193. The molecule has 3 N–H and O–H groups in total. The Hall–Kier alpha value is -4.60. The topological polar surface area (TPSA) is 167 Å². The first-order valence-corrected chi connectivity index (χ1v) is 13.8. The van der Waals surface area contributed by atoms with E-state index < -0.39 is 36.4 Å². The maximum absolute atomic E-state index is 10.6. The van der Waals surface area contributed by atoms with Crippen molar-refractivity contribution in [1.82, 2.24) is 29.1 Å². The minimum atomic E-state index is -5.08. The fraction of sp³-hybridized carbons (Fsp3) is 0.519.